The molecule has 0 aliphatic carbocycles. The second kappa shape index (κ2) is 6.26. The van der Waals surface area contributed by atoms with E-state index in [1.165, 1.54) is 29.2 Å². The van der Waals surface area contributed by atoms with Gasteiger partial charge in [-0.25, -0.2) is 9.80 Å². The smallest absolute Gasteiger partial charge is 0.310 e. The minimum atomic E-state index is -0.0831. The van der Waals surface area contributed by atoms with Crippen LogP contribution in [0.4, 0.5) is 4.79 Å². The van der Waals surface area contributed by atoms with E-state index in [1.807, 2.05) is 25.1 Å². The van der Waals surface area contributed by atoms with Crippen molar-refractivity contribution in [1.82, 2.24) is 10.3 Å². The summed E-state index contributed by atoms with van der Waals surface area (Å²) in [5.41, 5.74) is 2.08. The predicted molar refractivity (Wildman–Crippen MR) is 82.2 cm³/mol. The van der Waals surface area contributed by atoms with Gasteiger partial charge in [0.15, 0.2) is 0 Å². The van der Waals surface area contributed by atoms with Gasteiger partial charge in [0, 0.05) is 12.1 Å². The Morgan fingerprint density at radius 3 is 2.62 bits per heavy atom. The number of rotatable bonds is 3. The molecule has 0 spiro atoms. The van der Waals surface area contributed by atoms with Crippen molar-refractivity contribution in [2.24, 2.45) is 5.10 Å². The van der Waals surface area contributed by atoms with Gasteiger partial charge in [0.2, 0.25) is 6.17 Å². The van der Waals surface area contributed by atoms with Crippen LogP contribution >= 0.6 is 0 Å². The summed E-state index contributed by atoms with van der Waals surface area (Å²) in [5.74, 6) is 0. The molecule has 112 valence electrons. The van der Waals surface area contributed by atoms with Gasteiger partial charge in [-0.1, -0.05) is 30.3 Å². The number of hydrogen-bond acceptors (Lipinski definition) is 2. The highest BCUT2D eigenvalue weighted by atomic mass is 16.2. The second-order valence-corrected chi connectivity index (χ2v) is 5.67. The van der Waals surface area contributed by atoms with Gasteiger partial charge in [-0.3, -0.25) is 5.32 Å². The summed E-state index contributed by atoms with van der Waals surface area (Å²) >= 11 is 0. The SMILES string of the molecule is CCN1N=C(c2ccccc2)[C@H]([NH+]2CCCCC2)NC1=O. The van der Waals surface area contributed by atoms with Gasteiger partial charge in [0.1, 0.15) is 5.71 Å². The lowest BCUT2D eigenvalue weighted by Crippen LogP contribution is -3.19. The maximum absolute atomic E-state index is 12.1. The number of nitrogens with zero attached hydrogens (tertiary/aromatic N) is 2. The summed E-state index contributed by atoms with van der Waals surface area (Å²) in [7, 11) is 0. The molecule has 0 aromatic heterocycles. The lowest BCUT2D eigenvalue weighted by Gasteiger charge is -2.36. The lowest BCUT2D eigenvalue weighted by atomic mass is 10.0. The first kappa shape index (κ1) is 14.1. The van der Waals surface area contributed by atoms with Gasteiger partial charge in [-0.2, -0.15) is 5.10 Å². The Balaban J connectivity index is 1.94. The van der Waals surface area contributed by atoms with Crippen LogP contribution in [-0.4, -0.2) is 42.6 Å². The number of hydrazone groups is 1. The van der Waals surface area contributed by atoms with Crippen LogP contribution in [0, 0.1) is 0 Å². The normalized spacial score (nSPS) is 23.7. The molecule has 1 atom stereocenters. The van der Waals surface area contributed by atoms with Gasteiger partial charge < -0.3 is 4.90 Å². The summed E-state index contributed by atoms with van der Waals surface area (Å²) in [6.45, 7) is 4.73. The molecule has 0 radical (unpaired) electrons. The molecule has 0 saturated carbocycles. The molecule has 2 N–H and O–H groups in total. The molecule has 2 amide bonds. The fourth-order valence-electron chi connectivity index (χ4n) is 3.14. The molecule has 1 aromatic rings. The van der Waals surface area contributed by atoms with Gasteiger partial charge in [-0.05, 0) is 26.2 Å². The summed E-state index contributed by atoms with van der Waals surface area (Å²) in [6.07, 6.45) is 3.72. The molecule has 2 aliphatic heterocycles. The number of carbonyl (C=O) groups excluding carboxylic acids is 1. The van der Waals surface area contributed by atoms with Crippen LogP contribution in [0.1, 0.15) is 31.7 Å². The standard InChI is InChI=1S/C16H22N4O/c1-2-20-16(21)17-15(19-11-7-4-8-12-19)14(18-20)13-9-5-3-6-10-13/h3,5-6,9-10,15H,2,4,7-8,11-12H2,1H3,(H,17,21)/p+1/t15-/m0/s1. The van der Waals surface area contributed by atoms with Crippen molar-refractivity contribution in [2.75, 3.05) is 19.6 Å². The number of amides is 2. The van der Waals surface area contributed by atoms with Crippen LogP contribution in [0.3, 0.4) is 0 Å². The third kappa shape index (κ3) is 2.93. The zero-order valence-corrected chi connectivity index (χ0v) is 12.5. The number of urea groups is 1. The van der Waals surface area contributed by atoms with Crippen LogP contribution < -0.4 is 10.2 Å². The van der Waals surface area contributed by atoms with Gasteiger partial charge in [-0.15, -0.1) is 0 Å². The van der Waals surface area contributed by atoms with E-state index in [1.54, 1.807) is 0 Å². The largest absolute Gasteiger partial charge is 0.342 e. The fraction of sp³-hybridized carbons (Fsp3) is 0.500. The second-order valence-electron chi connectivity index (χ2n) is 5.67. The van der Waals surface area contributed by atoms with Gasteiger partial charge in [0.25, 0.3) is 0 Å². The van der Waals surface area contributed by atoms with E-state index in [2.05, 4.69) is 22.6 Å². The van der Waals surface area contributed by atoms with E-state index >= 15 is 0 Å². The highest BCUT2D eigenvalue weighted by Gasteiger charge is 2.36. The van der Waals surface area contributed by atoms with E-state index in [9.17, 15) is 4.79 Å². The molecule has 5 nitrogen and oxygen atoms in total. The topological polar surface area (TPSA) is 49.1 Å². The zero-order valence-electron chi connectivity index (χ0n) is 12.5. The molecule has 0 bridgehead atoms. The van der Waals surface area contributed by atoms with Gasteiger partial charge >= 0.3 is 6.03 Å². The van der Waals surface area contributed by atoms with Crippen molar-refractivity contribution in [3.63, 3.8) is 0 Å². The molecule has 2 heterocycles. The van der Waals surface area contributed by atoms with Crippen LogP contribution in [0.5, 0.6) is 0 Å². The number of quaternary nitrogens is 1. The Hall–Kier alpha value is -1.88. The summed E-state index contributed by atoms with van der Waals surface area (Å²) in [6, 6.07) is 10.1. The first-order valence-electron chi connectivity index (χ1n) is 7.86. The molecular weight excluding hydrogens is 264 g/mol. The quantitative estimate of drug-likeness (QED) is 0.850. The monoisotopic (exact) mass is 287 g/mol. The fourth-order valence-corrected chi connectivity index (χ4v) is 3.14. The Labute approximate surface area is 125 Å². The lowest BCUT2D eigenvalue weighted by molar-refractivity contribution is -0.921. The van der Waals surface area contributed by atoms with Crippen molar-refractivity contribution in [1.29, 1.82) is 0 Å². The van der Waals surface area contributed by atoms with Crippen LogP contribution in [-0.2, 0) is 0 Å². The van der Waals surface area contributed by atoms with Gasteiger partial charge in [0.05, 0.1) is 13.1 Å². The van der Waals surface area contributed by atoms with E-state index in [-0.39, 0.29) is 12.2 Å². The van der Waals surface area contributed by atoms with Crippen molar-refractivity contribution in [2.45, 2.75) is 32.4 Å². The average Bonchev–Trinajstić information content (AvgIpc) is 2.56. The Kier molecular flexibility index (Phi) is 4.20. The van der Waals surface area contributed by atoms with E-state index in [0.717, 1.165) is 24.4 Å². The third-order valence-electron chi connectivity index (χ3n) is 4.28. The summed E-state index contributed by atoms with van der Waals surface area (Å²) in [5, 5.41) is 9.30. The molecule has 3 rings (SSSR count). The zero-order chi connectivity index (χ0) is 14.7. The Bertz CT molecular complexity index is 522. The maximum atomic E-state index is 12.1. The first-order chi connectivity index (χ1) is 10.3. The maximum Gasteiger partial charge on any atom is 0.342 e. The Morgan fingerprint density at radius 1 is 1.24 bits per heavy atom. The number of piperidine rings is 1. The highest BCUT2D eigenvalue weighted by molar-refractivity contribution is 6.06. The number of benzene rings is 1. The molecular formula is C16H23N4O+. The molecule has 1 fully saturated rings. The average molecular weight is 287 g/mol. The highest BCUT2D eigenvalue weighted by Crippen LogP contribution is 2.10. The number of carbonyl (C=O) groups is 1. The number of likely N-dealkylation sites (tertiary alicyclic amines) is 1. The van der Waals surface area contributed by atoms with Crippen molar-refractivity contribution in [3.8, 4) is 0 Å². The predicted octanol–water partition coefficient (Wildman–Crippen LogP) is 0.831. The van der Waals surface area contributed by atoms with Crippen molar-refractivity contribution in [3.05, 3.63) is 35.9 Å². The molecule has 0 unspecified atom stereocenters. The molecule has 2 aliphatic rings. The third-order valence-corrected chi connectivity index (χ3v) is 4.28. The van der Waals surface area contributed by atoms with Crippen molar-refractivity contribution < 1.29 is 9.69 Å². The Morgan fingerprint density at radius 2 is 1.95 bits per heavy atom. The molecule has 1 aromatic carbocycles. The van der Waals surface area contributed by atoms with Crippen LogP contribution in [0.2, 0.25) is 0 Å². The molecule has 1 saturated heterocycles. The summed E-state index contributed by atoms with van der Waals surface area (Å²) in [4.78, 5) is 13.6. The van der Waals surface area contributed by atoms with Crippen molar-refractivity contribution >= 4 is 11.7 Å². The minimum Gasteiger partial charge on any atom is -0.310 e. The number of hydrogen-bond donors (Lipinski definition) is 2. The van der Waals surface area contributed by atoms with Crippen LogP contribution in [0.15, 0.2) is 35.4 Å². The van der Waals surface area contributed by atoms with E-state index in [4.69, 9.17) is 0 Å². The molecule has 21 heavy (non-hydrogen) atoms. The molecule has 5 heteroatoms. The number of nitrogens with one attached hydrogen (secondary N) is 2. The van der Waals surface area contributed by atoms with E-state index in [0.29, 0.717) is 6.54 Å². The summed E-state index contributed by atoms with van der Waals surface area (Å²) < 4.78 is 0. The van der Waals surface area contributed by atoms with Crippen LogP contribution in [0.25, 0.3) is 0 Å². The van der Waals surface area contributed by atoms with E-state index < -0.39 is 0 Å². The first-order valence-corrected chi connectivity index (χ1v) is 7.86. The minimum absolute atomic E-state index is 0.0250.